The molecule has 0 radical (unpaired) electrons. The van der Waals surface area contributed by atoms with Crippen molar-refractivity contribution in [2.45, 2.75) is 32.7 Å². The molecule has 1 unspecified atom stereocenters. The van der Waals surface area contributed by atoms with Crippen LogP contribution in [-0.2, 0) is 0 Å². The van der Waals surface area contributed by atoms with Crippen molar-refractivity contribution in [1.29, 1.82) is 0 Å². The van der Waals surface area contributed by atoms with Crippen molar-refractivity contribution in [2.75, 3.05) is 20.2 Å². The highest BCUT2D eigenvalue weighted by molar-refractivity contribution is 5.36. The molecular weight excluding hydrogens is 224 g/mol. The van der Waals surface area contributed by atoms with Crippen molar-refractivity contribution < 1.29 is 4.74 Å². The molecule has 0 amide bonds. The van der Waals surface area contributed by atoms with Gasteiger partial charge in [-0.3, -0.25) is 0 Å². The molecule has 0 bridgehead atoms. The summed E-state index contributed by atoms with van der Waals surface area (Å²) in [6.07, 6.45) is 2.43. The van der Waals surface area contributed by atoms with Crippen LogP contribution in [0.2, 0.25) is 0 Å². The molecule has 0 fully saturated rings. The first-order valence-corrected chi connectivity index (χ1v) is 6.75. The normalized spacial score (nSPS) is 12.7. The number of hydrogen-bond donors (Lipinski definition) is 2. The SMILES string of the molecule is COc1ccccc1C(CN)NCCCC(C)C. The van der Waals surface area contributed by atoms with E-state index in [0.717, 1.165) is 23.8 Å². The number of para-hydroxylation sites is 1. The zero-order valence-corrected chi connectivity index (χ0v) is 11.8. The highest BCUT2D eigenvalue weighted by Gasteiger charge is 2.13. The summed E-state index contributed by atoms with van der Waals surface area (Å²) in [6.45, 7) is 6.08. The van der Waals surface area contributed by atoms with E-state index in [9.17, 15) is 0 Å². The largest absolute Gasteiger partial charge is 0.496 e. The predicted molar refractivity (Wildman–Crippen MR) is 76.9 cm³/mol. The molecule has 1 rings (SSSR count). The van der Waals surface area contributed by atoms with Gasteiger partial charge in [0.1, 0.15) is 5.75 Å². The van der Waals surface area contributed by atoms with Gasteiger partial charge < -0.3 is 15.8 Å². The van der Waals surface area contributed by atoms with E-state index in [4.69, 9.17) is 10.5 Å². The Bertz CT molecular complexity index is 339. The standard InChI is InChI=1S/C15H26N2O/c1-12(2)7-6-10-17-14(11-16)13-8-4-5-9-15(13)18-3/h4-5,8-9,12,14,17H,6-7,10-11,16H2,1-3H3. The van der Waals surface area contributed by atoms with Gasteiger partial charge in [-0.2, -0.15) is 0 Å². The Morgan fingerprint density at radius 2 is 2.00 bits per heavy atom. The van der Waals surface area contributed by atoms with E-state index in [1.165, 1.54) is 12.8 Å². The minimum Gasteiger partial charge on any atom is -0.496 e. The number of hydrogen-bond acceptors (Lipinski definition) is 3. The quantitative estimate of drug-likeness (QED) is 0.697. The van der Waals surface area contributed by atoms with Crippen LogP contribution >= 0.6 is 0 Å². The number of ether oxygens (including phenoxy) is 1. The number of nitrogens with one attached hydrogen (secondary N) is 1. The summed E-state index contributed by atoms with van der Waals surface area (Å²) in [5.41, 5.74) is 7.00. The molecule has 0 aliphatic heterocycles. The predicted octanol–water partition coefficient (Wildman–Crippen LogP) is 2.72. The molecule has 1 aromatic rings. The zero-order chi connectivity index (χ0) is 13.4. The second kappa shape index (κ2) is 8.11. The highest BCUT2D eigenvalue weighted by atomic mass is 16.5. The second-order valence-electron chi connectivity index (χ2n) is 5.02. The molecule has 3 heteroatoms. The van der Waals surface area contributed by atoms with Crippen molar-refractivity contribution in [3.8, 4) is 5.75 Å². The van der Waals surface area contributed by atoms with Crippen LogP contribution in [0.15, 0.2) is 24.3 Å². The van der Waals surface area contributed by atoms with Crippen LogP contribution < -0.4 is 15.8 Å². The Morgan fingerprint density at radius 3 is 2.61 bits per heavy atom. The van der Waals surface area contributed by atoms with Crippen LogP contribution in [0, 0.1) is 5.92 Å². The zero-order valence-electron chi connectivity index (χ0n) is 11.8. The van der Waals surface area contributed by atoms with Gasteiger partial charge in [0.15, 0.2) is 0 Å². The molecule has 0 saturated carbocycles. The fourth-order valence-electron chi connectivity index (χ4n) is 2.06. The Morgan fingerprint density at radius 1 is 1.28 bits per heavy atom. The van der Waals surface area contributed by atoms with Gasteiger partial charge in [-0.25, -0.2) is 0 Å². The summed E-state index contributed by atoms with van der Waals surface area (Å²) in [4.78, 5) is 0. The maximum atomic E-state index is 5.85. The number of rotatable bonds is 8. The van der Waals surface area contributed by atoms with Crippen molar-refractivity contribution in [3.05, 3.63) is 29.8 Å². The molecule has 1 atom stereocenters. The molecule has 0 aliphatic rings. The van der Waals surface area contributed by atoms with E-state index < -0.39 is 0 Å². The lowest BCUT2D eigenvalue weighted by Crippen LogP contribution is -2.29. The van der Waals surface area contributed by atoms with E-state index in [1.807, 2.05) is 18.2 Å². The summed E-state index contributed by atoms with van der Waals surface area (Å²) in [7, 11) is 1.70. The first-order valence-electron chi connectivity index (χ1n) is 6.75. The third kappa shape index (κ3) is 4.67. The van der Waals surface area contributed by atoms with E-state index in [2.05, 4.69) is 25.2 Å². The fourth-order valence-corrected chi connectivity index (χ4v) is 2.06. The highest BCUT2D eigenvalue weighted by Crippen LogP contribution is 2.24. The molecule has 102 valence electrons. The van der Waals surface area contributed by atoms with Crippen LogP contribution in [0.25, 0.3) is 0 Å². The van der Waals surface area contributed by atoms with Gasteiger partial charge in [0.25, 0.3) is 0 Å². The van der Waals surface area contributed by atoms with Crippen molar-refractivity contribution in [2.24, 2.45) is 11.7 Å². The van der Waals surface area contributed by atoms with E-state index in [1.54, 1.807) is 7.11 Å². The lowest BCUT2D eigenvalue weighted by Gasteiger charge is -2.20. The summed E-state index contributed by atoms with van der Waals surface area (Å²) < 4.78 is 5.38. The lowest BCUT2D eigenvalue weighted by molar-refractivity contribution is 0.397. The molecule has 3 nitrogen and oxygen atoms in total. The Balaban J connectivity index is 2.54. The van der Waals surface area contributed by atoms with Gasteiger partial charge >= 0.3 is 0 Å². The number of methoxy groups -OCH3 is 1. The monoisotopic (exact) mass is 250 g/mol. The number of benzene rings is 1. The van der Waals surface area contributed by atoms with Crippen LogP contribution in [-0.4, -0.2) is 20.2 Å². The maximum Gasteiger partial charge on any atom is 0.123 e. The van der Waals surface area contributed by atoms with Crippen LogP contribution in [0.3, 0.4) is 0 Å². The third-order valence-corrected chi connectivity index (χ3v) is 3.10. The minimum absolute atomic E-state index is 0.174. The van der Waals surface area contributed by atoms with E-state index >= 15 is 0 Å². The molecule has 1 aromatic carbocycles. The summed E-state index contributed by atoms with van der Waals surface area (Å²) in [6, 6.07) is 8.23. The minimum atomic E-state index is 0.174. The van der Waals surface area contributed by atoms with Crippen LogP contribution in [0.1, 0.15) is 38.3 Å². The molecule has 0 saturated heterocycles. The van der Waals surface area contributed by atoms with Crippen LogP contribution in [0.5, 0.6) is 5.75 Å². The number of nitrogens with two attached hydrogens (primary N) is 1. The Labute approximate surface area is 111 Å². The Kier molecular flexibility index (Phi) is 6.76. The molecule has 3 N–H and O–H groups in total. The Hall–Kier alpha value is -1.06. The average Bonchev–Trinajstić information content (AvgIpc) is 2.38. The maximum absolute atomic E-state index is 5.85. The van der Waals surface area contributed by atoms with Crippen molar-refractivity contribution in [1.82, 2.24) is 5.32 Å². The summed E-state index contributed by atoms with van der Waals surface area (Å²) in [5, 5.41) is 3.51. The van der Waals surface area contributed by atoms with Gasteiger partial charge in [0.05, 0.1) is 7.11 Å². The smallest absolute Gasteiger partial charge is 0.123 e. The van der Waals surface area contributed by atoms with E-state index in [-0.39, 0.29) is 6.04 Å². The van der Waals surface area contributed by atoms with Crippen molar-refractivity contribution >= 4 is 0 Å². The van der Waals surface area contributed by atoms with Gasteiger partial charge in [-0.1, -0.05) is 32.0 Å². The van der Waals surface area contributed by atoms with E-state index in [0.29, 0.717) is 6.54 Å². The third-order valence-electron chi connectivity index (χ3n) is 3.10. The van der Waals surface area contributed by atoms with Crippen molar-refractivity contribution in [3.63, 3.8) is 0 Å². The summed E-state index contributed by atoms with van der Waals surface area (Å²) >= 11 is 0. The van der Waals surface area contributed by atoms with Gasteiger partial charge in [0, 0.05) is 18.2 Å². The van der Waals surface area contributed by atoms with Crippen LogP contribution in [0.4, 0.5) is 0 Å². The average molecular weight is 250 g/mol. The molecule has 18 heavy (non-hydrogen) atoms. The van der Waals surface area contributed by atoms with Gasteiger partial charge in [-0.05, 0) is 31.4 Å². The van der Waals surface area contributed by atoms with Gasteiger partial charge in [0.2, 0.25) is 0 Å². The fraction of sp³-hybridized carbons (Fsp3) is 0.600. The molecular formula is C15H26N2O. The second-order valence-corrected chi connectivity index (χ2v) is 5.02. The first kappa shape index (κ1) is 15.0. The first-order chi connectivity index (χ1) is 8.69. The molecule has 0 aliphatic carbocycles. The lowest BCUT2D eigenvalue weighted by atomic mass is 10.0. The molecule has 0 spiro atoms. The topological polar surface area (TPSA) is 47.3 Å². The molecule has 0 heterocycles. The molecule has 0 aromatic heterocycles. The van der Waals surface area contributed by atoms with Gasteiger partial charge in [-0.15, -0.1) is 0 Å². The summed E-state index contributed by atoms with van der Waals surface area (Å²) in [5.74, 6) is 1.67.